The van der Waals surface area contributed by atoms with Gasteiger partial charge in [-0.3, -0.25) is 9.69 Å². The Morgan fingerprint density at radius 2 is 2.07 bits per heavy atom. The molecular formula is C22H21FN4O2S. The number of aryl methyl sites for hydroxylation is 1. The fraction of sp³-hybridized carbons (Fsp3) is 0.227. The normalized spacial score (nSPS) is 11.0. The molecule has 0 aliphatic rings. The Morgan fingerprint density at radius 3 is 2.80 bits per heavy atom. The van der Waals surface area contributed by atoms with Crippen molar-refractivity contribution in [2.45, 2.75) is 19.9 Å². The second-order valence-electron chi connectivity index (χ2n) is 6.65. The molecule has 2 aromatic heterocycles. The molecule has 0 bridgehead atoms. The summed E-state index contributed by atoms with van der Waals surface area (Å²) in [5, 5.41) is 0.595. The Balaban J connectivity index is 1.65. The molecule has 6 nitrogen and oxygen atoms in total. The third-order valence-electron chi connectivity index (χ3n) is 4.59. The molecule has 0 N–H and O–H groups in total. The van der Waals surface area contributed by atoms with Gasteiger partial charge in [-0.05, 0) is 49.7 Å². The number of nitrogens with zero attached hydrogens (tertiary/aromatic N) is 4. The number of anilines is 1. The van der Waals surface area contributed by atoms with E-state index < -0.39 is 0 Å². The minimum absolute atomic E-state index is 0.211. The number of benzene rings is 2. The van der Waals surface area contributed by atoms with Gasteiger partial charge in [0.1, 0.15) is 17.1 Å². The van der Waals surface area contributed by atoms with E-state index in [0.717, 1.165) is 23.2 Å². The van der Waals surface area contributed by atoms with Gasteiger partial charge in [0.15, 0.2) is 5.13 Å². The van der Waals surface area contributed by atoms with Crippen LogP contribution in [-0.2, 0) is 6.54 Å². The van der Waals surface area contributed by atoms with Crippen molar-refractivity contribution < 1.29 is 13.9 Å². The van der Waals surface area contributed by atoms with E-state index in [2.05, 4.69) is 4.98 Å². The molecule has 8 heteroatoms. The number of thiazole rings is 1. The van der Waals surface area contributed by atoms with Crippen molar-refractivity contribution in [1.29, 1.82) is 0 Å². The predicted molar refractivity (Wildman–Crippen MR) is 116 cm³/mol. The van der Waals surface area contributed by atoms with Crippen LogP contribution in [0.4, 0.5) is 9.52 Å². The van der Waals surface area contributed by atoms with Gasteiger partial charge in [-0.15, -0.1) is 0 Å². The molecule has 2 heterocycles. The first-order valence-corrected chi connectivity index (χ1v) is 10.5. The molecule has 0 saturated carbocycles. The highest BCUT2D eigenvalue weighted by atomic mass is 32.1. The number of carbonyl (C=O) groups is 1. The van der Waals surface area contributed by atoms with Gasteiger partial charge in [-0.2, -0.15) is 0 Å². The standard InChI is InChI=1S/C22H21FN4O2S/c1-2-29-18-5-3-6-19-20(18)25-22(30-19)27(13-4-12-26-14-11-24-15-26)21(28)16-7-9-17(23)10-8-16/h3,5-11,14-15H,2,4,12-13H2,1H3. The number of aromatic nitrogens is 3. The summed E-state index contributed by atoms with van der Waals surface area (Å²) < 4.78 is 21.9. The molecule has 0 fully saturated rings. The summed E-state index contributed by atoms with van der Waals surface area (Å²) in [6.07, 6.45) is 6.08. The van der Waals surface area contributed by atoms with E-state index in [4.69, 9.17) is 9.72 Å². The van der Waals surface area contributed by atoms with Crippen LogP contribution in [0.3, 0.4) is 0 Å². The summed E-state index contributed by atoms with van der Waals surface area (Å²) in [6.45, 7) is 3.65. The van der Waals surface area contributed by atoms with Gasteiger partial charge in [0.2, 0.25) is 0 Å². The number of carbonyl (C=O) groups excluding carboxylic acids is 1. The van der Waals surface area contributed by atoms with Crippen LogP contribution in [0.5, 0.6) is 5.75 Å². The van der Waals surface area contributed by atoms with Crippen LogP contribution in [0, 0.1) is 5.82 Å². The van der Waals surface area contributed by atoms with E-state index in [1.807, 2.05) is 35.9 Å². The van der Waals surface area contributed by atoms with Crippen LogP contribution in [-0.4, -0.2) is 33.6 Å². The molecular weight excluding hydrogens is 403 g/mol. The summed E-state index contributed by atoms with van der Waals surface area (Å²) in [4.78, 5) is 23.7. The molecule has 4 aromatic rings. The Hall–Kier alpha value is -3.26. The Labute approximate surface area is 177 Å². The van der Waals surface area contributed by atoms with Crippen LogP contribution in [0.1, 0.15) is 23.7 Å². The van der Waals surface area contributed by atoms with Crippen molar-refractivity contribution in [3.8, 4) is 5.75 Å². The zero-order chi connectivity index (χ0) is 20.9. The molecule has 0 radical (unpaired) electrons. The molecule has 1 amide bonds. The van der Waals surface area contributed by atoms with Gasteiger partial charge in [-0.1, -0.05) is 17.4 Å². The molecule has 0 atom stereocenters. The minimum atomic E-state index is -0.375. The molecule has 0 saturated heterocycles. The number of fused-ring (bicyclic) bond motifs is 1. The SMILES string of the molecule is CCOc1cccc2sc(N(CCCn3ccnc3)C(=O)c3ccc(F)cc3)nc12. The van der Waals surface area contributed by atoms with E-state index in [1.54, 1.807) is 17.4 Å². The third-order valence-corrected chi connectivity index (χ3v) is 5.64. The Morgan fingerprint density at radius 1 is 1.23 bits per heavy atom. The molecule has 30 heavy (non-hydrogen) atoms. The largest absolute Gasteiger partial charge is 0.492 e. The fourth-order valence-electron chi connectivity index (χ4n) is 3.16. The van der Waals surface area contributed by atoms with Crippen molar-refractivity contribution in [1.82, 2.24) is 14.5 Å². The topological polar surface area (TPSA) is 60.2 Å². The molecule has 2 aromatic carbocycles. The molecule has 154 valence electrons. The van der Waals surface area contributed by atoms with Gasteiger partial charge < -0.3 is 9.30 Å². The van der Waals surface area contributed by atoms with Gasteiger partial charge in [0.25, 0.3) is 5.91 Å². The fourth-order valence-corrected chi connectivity index (χ4v) is 4.17. The third kappa shape index (κ3) is 4.33. The van der Waals surface area contributed by atoms with Crippen molar-refractivity contribution in [3.63, 3.8) is 0 Å². The van der Waals surface area contributed by atoms with Crippen molar-refractivity contribution in [2.24, 2.45) is 0 Å². The average molecular weight is 425 g/mol. The highest BCUT2D eigenvalue weighted by Gasteiger charge is 2.22. The summed E-state index contributed by atoms with van der Waals surface area (Å²) in [7, 11) is 0. The smallest absolute Gasteiger partial charge is 0.260 e. The second-order valence-corrected chi connectivity index (χ2v) is 7.66. The van der Waals surface area contributed by atoms with Crippen molar-refractivity contribution >= 4 is 32.6 Å². The Bertz CT molecular complexity index is 1130. The van der Waals surface area contributed by atoms with E-state index in [-0.39, 0.29) is 11.7 Å². The number of amides is 1. The van der Waals surface area contributed by atoms with E-state index >= 15 is 0 Å². The molecule has 0 unspecified atom stereocenters. The van der Waals surface area contributed by atoms with Gasteiger partial charge in [0, 0.05) is 31.0 Å². The highest BCUT2D eigenvalue weighted by molar-refractivity contribution is 7.22. The van der Waals surface area contributed by atoms with Crippen LogP contribution in [0.15, 0.2) is 61.2 Å². The van der Waals surface area contributed by atoms with E-state index in [1.165, 1.54) is 35.6 Å². The molecule has 4 rings (SSSR count). The first-order chi connectivity index (χ1) is 14.7. The van der Waals surface area contributed by atoms with Crippen LogP contribution < -0.4 is 9.64 Å². The number of hydrogen-bond acceptors (Lipinski definition) is 5. The number of rotatable bonds is 8. The van der Waals surface area contributed by atoms with Gasteiger partial charge in [0.05, 0.1) is 17.6 Å². The van der Waals surface area contributed by atoms with Gasteiger partial charge >= 0.3 is 0 Å². The first-order valence-electron chi connectivity index (χ1n) is 9.71. The zero-order valence-electron chi connectivity index (χ0n) is 16.5. The number of hydrogen-bond donors (Lipinski definition) is 0. The second kappa shape index (κ2) is 9.04. The molecule has 0 aliphatic heterocycles. The lowest BCUT2D eigenvalue weighted by molar-refractivity contribution is 0.0986. The lowest BCUT2D eigenvalue weighted by Gasteiger charge is -2.20. The lowest BCUT2D eigenvalue weighted by Crippen LogP contribution is -2.32. The van der Waals surface area contributed by atoms with Crippen LogP contribution >= 0.6 is 11.3 Å². The van der Waals surface area contributed by atoms with E-state index in [0.29, 0.717) is 29.6 Å². The summed E-state index contributed by atoms with van der Waals surface area (Å²) in [5.74, 6) is 0.113. The van der Waals surface area contributed by atoms with Crippen LogP contribution in [0.25, 0.3) is 10.2 Å². The average Bonchev–Trinajstić information content (AvgIpc) is 3.42. The first kappa shape index (κ1) is 20.0. The van der Waals surface area contributed by atoms with Crippen LogP contribution in [0.2, 0.25) is 0 Å². The Kier molecular flexibility index (Phi) is 6.04. The highest BCUT2D eigenvalue weighted by Crippen LogP contribution is 2.35. The zero-order valence-corrected chi connectivity index (χ0v) is 17.3. The van der Waals surface area contributed by atoms with Gasteiger partial charge in [-0.25, -0.2) is 14.4 Å². The quantitative estimate of drug-likeness (QED) is 0.409. The molecule has 0 spiro atoms. The maximum absolute atomic E-state index is 13.3. The summed E-state index contributed by atoms with van der Waals surface area (Å²) in [6, 6.07) is 11.3. The van der Waals surface area contributed by atoms with Crippen molar-refractivity contribution in [2.75, 3.05) is 18.1 Å². The predicted octanol–water partition coefficient (Wildman–Crippen LogP) is 4.77. The lowest BCUT2D eigenvalue weighted by atomic mass is 10.2. The van der Waals surface area contributed by atoms with Crippen molar-refractivity contribution in [3.05, 3.63) is 72.6 Å². The monoisotopic (exact) mass is 424 g/mol. The number of imidazole rings is 1. The maximum Gasteiger partial charge on any atom is 0.260 e. The maximum atomic E-state index is 13.3. The number of halogens is 1. The minimum Gasteiger partial charge on any atom is -0.492 e. The molecule has 0 aliphatic carbocycles. The van der Waals surface area contributed by atoms with E-state index in [9.17, 15) is 9.18 Å². The number of ether oxygens (including phenoxy) is 1. The number of para-hydroxylation sites is 1. The summed E-state index contributed by atoms with van der Waals surface area (Å²) >= 11 is 1.44. The summed E-state index contributed by atoms with van der Waals surface area (Å²) in [5.41, 5.74) is 1.16.